The molecule has 2 aliphatic rings. The molecule has 3 rings (SSSR count). The predicted octanol–water partition coefficient (Wildman–Crippen LogP) is 2.01. The van der Waals surface area contributed by atoms with Crippen LogP contribution in [0.1, 0.15) is 31.4 Å². The minimum absolute atomic E-state index is 0.146. The summed E-state index contributed by atoms with van der Waals surface area (Å²) in [5, 5.41) is 2.04. The molecule has 4 heteroatoms. The first-order valence-corrected chi connectivity index (χ1v) is 7.96. The minimum atomic E-state index is 0.146. The van der Waals surface area contributed by atoms with Gasteiger partial charge >= 0.3 is 0 Å². The molecule has 1 saturated heterocycles. The summed E-state index contributed by atoms with van der Waals surface area (Å²) in [5.41, 5.74) is 5.76. The molecule has 1 aromatic carbocycles. The van der Waals surface area contributed by atoms with Crippen LogP contribution in [-0.4, -0.2) is 35.5 Å². The third kappa shape index (κ3) is 3.44. The third-order valence-corrected chi connectivity index (χ3v) is 4.38. The monoisotopic (exact) mass is 287 g/mol. The Morgan fingerprint density at radius 3 is 2.57 bits per heavy atom. The summed E-state index contributed by atoms with van der Waals surface area (Å²) >= 11 is 0. The van der Waals surface area contributed by atoms with Gasteiger partial charge in [-0.25, -0.2) is 5.01 Å². The van der Waals surface area contributed by atoms with Crippen LogP contribution in [0.4, 0.5) is 0 Å². The molecule has 2 aliphatic heterocycles. The maximum Gasteiger partial charge on any atom is 0.238 e. The zero-order valence-electron chi connectivity index (χ0n) is 13.0. The molecule has 0 aliphatic carbocycles. The predicted molar refractivity (Wildman–Crippen MR) is 83.2 cm³/mol. The van der Waals surface area contributed by atoms with E-state index in [1.807, 2.05) is 5.01 Å². The molecular formula is C17H25N3O. The van der Waals surface area contributed by atoms with Crippen molar-refractivity contribution in [2.75, 3.05) is 19.6 Å². The maximum absolute atomic E-state index is 12.4. The lowest BCUT2D eigenvalue weighted by atomic mass is 10.1. The minimum Gasteiger partial charge on any atom is -0.302 e. The Morgan fingerprint density at radius 2 is 1.95 bits per heavy atom. The molecular weight excluding hydrogens is 262 g/mol. The average Bonchev–Trinajstić information content (AvgIpc) is 3.03. The quantitative estimate of drug-likeness (QED) is 0.920. The van der Waals surface area contributed by atoms with E-state index in [1.165, 1.54) is 11.1 Å². The lowest BCUT2D eigenvalue weighted by molar-refractivity contribution is -0.129. The lowest BCUT2D eigenvalue weighted by Gasteiger charge is -2.20. The van der Waals surface area contributed by atoms with Gasteiger partial charge in [-0.05, 0) is 30.0 Å². The van der Waals surface area contributed by atoms with Crippen LogP contribution in [-0.2, 0) is 17.9 Å². The molecule has 21 heavy (non-hydrogen) atoms. The molecule has 1 N–H and O–H groups in total. The Balaban J connectivity index is 1.50. The van der Waals surface area contributed by atoms with Gasteiger partial charge in [-0.2, -0.15) is 0 Å². The topological polar surface area (TPSA) is 35.6 Å². The molecule has 0 bridgehead atoms. The molecule has 2 heterocycles. The van der Waals surface area contributed by atoms with E-state index >= 15 is 0 Å². The highest BCUT2D eigenvalue weighted by Crippen LogP contribution is 2.22. The highest BCUT2D eigenvalue weighted by atomic mass is 16.2. The number of fused-ring (bicyclic) bond motifs is 1. The molecule has 0 radical (unpaired) electrons. The van der Waals surface area contributed by atoms with Gasteiger partial charge in [0.15, 0.2) is 0 Å². The van der Waals surface area contributed by atoms with Crippen LogP contribution in [0.15, 0.2) is 24.3 Å². The van der Waals surface area contributed by atoms with E-state index in [0.29, 0.717) is 5.92 Å². The zero-order valence-corrected chi connectivity index (χ0v) is 13.0. The zero-order chi connectivity index (χ0) is 14.8. The van der Waals surface area contributed by atoms with E-state index < -0.39 is 0 Å². The summed E-state index contributed by atoms with van der Waals surface area (Å²) in [6.07, 6.45) is 0.985. The van der Waals surface area contributed by atoms with Gasteiger partial charge in [0.1, 0.15) is 0 Å². The smallest absolute Gasteiger partial charge is 0.238 e. The van der Waals surface area contributed by atoms with Crippen molar-refractivity contribution in [2.45, 2.75) is 33.4 Å². The van der Waals surface area contributed by atoms with Crippen molar-refractivity contribution in [3.63, 3.8) is 0 Å². The van der Waals surface area contributed by atoms with Crippen molar-refractivity contribution in [1.29, 1.82) is 0 Å². The molecule has 0 aromatic heterocycles. The number of hydrogen-bond donors (Lipinski definition) is 1. The number of nitrogens with one attached hydrogen (secondary N) is 1. The standard InChI is InChI=1S/C17H25N3O/c1-13(2)9-19-8-7-16(10-19)17(21)18-20-11-14-5-3-4-6-15(14)12-20/h3-6,13,16H,7-12H2,1-2H3,(H,18,21)/t16-/m0/s1. The third-order valence-electron chi connectivity index (χ3n) is 4.38. The molecule has 1 atom stereocenters. The number of hydrogen-bond acceptors (Lipinski definition) is 3. The first kappa shape index (κ1) is 14.5. The number of carbonyl (C=O) groups excluding carboxylic acids is 1. The fraction of sp³-hybridized carbons (Fsp3) is 0.588. The van der Waals surface area contributed by atoms with E-state index in [0.717, 1.165) is 39.1 Å². The summed E-state index contributed by atoms with van der Waals surface area (Å²) in [7, 11) is 0. The van der Waals surface area contributed by atoms with E-state index in [9.17, 15) is 4.79 Å². The van der Waals surface area contributed by atoms with E-state index in [1.54, 1.807) is 0 Å². The van der Waals surface area contributed by atoms with Gasteiger partial charge in [0, 0.05) is 26.2 Å². The van der Waals surface area contributed by atoms with Gasteiger partial charge < -0.3 is 4.90 Å². The van der Waals surface area contributed by atoms with Gasteiger partial charge in [0.05, 0.1) is 5.92 Å². The Labute approximate surface area is 127 Å². The number of carbonyl (C=O) groups is 1. The second-order valence-electron chi connectivity index (χ2n) is 6.74. The summed E-state index contributed by atoms with van der Waals surface area (Å²) < 4.78 is 0. The van der Waals surface area contributed by atoms with Crippen molar-refractivity contribution < 1.29 is 4.79 Å². The van der Waals surface area contributed by atoms with Crippen LogP contribution < -0.4 is 5.43 Å². The Morgan fingerprint density at radius 1 is 1.29 bits per heavy atom. The number of hydrazine groups is 1. The summed E-state index contributed by atoms with van der Waals surface area (Å²) in [5.74, 6) is 1.00. The van der Waals surface area contributed by atoms with Crippen LogP contribution in [0, 0.1) is 11.8 Å². The van der Waals surface area contributed by atoms with Gasteiger partial charge in [-0.3, -0.25) is 10.2 Å². The van der Waals surface area contributed by atoms with Crippen molar-refractivity contribution in [3.05, 3.63) is 35.4 Å². The van der Waals surface area contributed by atoms with Crippen LogP contribution in [0.25, 0.3) is 0 Å². The normalized spacial score (nSPS) is 22.7. The largest absolute Gasteiger partial charge is 0.302 e. The van der Waals surface area contributed by atoms with E-state index in [2.05, 4.69) is 48.4 Å². The van der Waals surface area contributed by atoms with E-state index in [4.69, 9.17) is 0 Å². The molecule has 1 aromatic rings. The molecule has 1 amide bonds. The molecule has 114 valence electrons. The number of rotatable bonds is 4. The first-order valence-electron chi connectivity index (χ1n) is 7.96. The van der Waals surface area contributed by atoms with Crippen LogP contribution in [0.3, 0.4) is 0 Å². The second kappa shape index (κ2) is 6.16. The van der Waals surface area contributed by atoms with Crippen LogP contribution >= 0.6 is 0 Å². The maximum atomic E-state index is 12.4. The molecule has 4 nitrogen and oxygen atoms in total. The first-order chi connectivity index (χ1) is 10.1. The van der Waals surface area contributed by atoms with Gasteiger partial charge in [-0.15, -0.1) is 0 Å². The number of nitrogens with zero attached hydrogens (tertiary/aromatic N) is 2. The van der Waals surface area contributed by atoms with E-state index in [-0.39, 0.29) is 11.8 Å². The van der Waals surface area contributed by atoms with Gasteiger partial charge in [-0.1, -0.05) is 38.1 Å². The number of likely N-dealkylation sites (tertiary alicyclic amines) is 1. The van der Waals surface area contributed by atoms with Gasteiger partial charge in [0.25, 0.3) is 0 Å². The lowest BCUT2D eigenvalue weighted by Crippen LogP contribution is -2.42. The summed E-state index contributed by atoms with van der Waals surface area (Å²) in [6.45, 7) is 9.17. The highest BCUT2D eigenvalue weighted by Gasteiger charge is 2.30. The van der Waals surface area contributed by atoms with Crippen LogP contribution in [0.2, 0.25) is 0 Å². The van der Waals surface area contributed by atoms with Crippen molar-refractivity contribution in [1.82, 2.24) is 15.3 Å². The molecule has 0 spiro atoms. The molecule has 0 saturated carbocycles. The molecule has 0 unspecified atom stereocenters. The van der Waals surface area contributed by atoms with Crippen molar-refractivity contribution >= 4 is 5.91 Å². The fourth-order valence-corrected chi connectivity index (χ4v) is 3.39. The summed E-state index contributed by atoms with van der Waals surface area (Å²) in [4.78, 5) is 14.8. The average molecular weight is 287 g/mol. The van der Waals surface area contributed by atoms with Crippen LogP contribution in [0.5, 0.6) is 0 Å². The fourth-order valence-electron chi connectivity index (χ4n) is 3.39. The molecule has 1 fully saturated rings. The second-order valence-corrected chi connectivity index (χ2v) is 6.74. The number of benzene rings is 1. The Hall–Kier alpha value is -1.39. The van der Waals surface area contributed by atoms with Gasteiger partial charge in [0.2, 0.25) is 5.91 Å². The summed E-state index contributed by atoms with van der Waals surface area (Å²) in [6, 6.07) is 8.40. The highest BCUT2D eigenvalue weighted by molar-refractivity contribution is 5.78. The number of amides is 1. The van der Waals surface area contributed by atoms with Crippen molar-refractivity contribution in [3.8, 4) is 0 Å². The Bertz CT molecular complexity index is 490. The SMILES string of the molecule is CC(C)CN1CC[C@H](C(=O)NN2Cc3ccccc3C2)C1. The Kier molecular flexibility index (Phi) is 4.27. The van der Waals surface area contributed by atoms with Crippen molar-refractivity contribution in [2.24, 2.45) is 11.8 Å².